The van der Waals surface area contributed by atoms with Crippen LogP contribution in [0.25, 0.3) is 0 Å². The molecule has 6 heteroatoms. The fourth-order valence-electron chi connectivity index (χ4n) is 3.31. The van der Waals surface area contributed by atoms with Crippen LogP contribution in [0, 0.1) is 5.41 Å². The van der Waals surface area contributed by atoms with Gasteiger partial charge in [-0.15, -0.1) is 12.4 Å². The summed E-state index contributed by atoms with van der Waals surface area (Å²) in [4.78, 5) is 12.3. The highest BCUT2D eigenvalue weighted by atomic mass is 35.5. The first-order valence-corrected chi connectivity index (χ1v) is 9.84. The minimum absolute atomic E-state index is 0. The van der Waals surface area contributed by atoms with Gasteiger partial charge in [0.25, 0.3) is 0 Å². The summed E-state index contributed by atoms with van der Waals surface area (Å²) in [5.74, 6) is 0.812. The van der Waals surface area contributed by atoms with Gasteiger partial charge in [0.1, 0.15) is 12.4 Å². The molecule has 0 saturated carbocycles. The van der Waals surface area contributed by atoms with Gasteiger partial charge in [0.05, 0.1) is 6.42 Å². The van der Waals surface area contributed by atoms with Gasteiger partial charge in [-0.25, -0.2) is 0 Å². The number of carbonyl (C=O) groups excluding carboxylic acids is 1. The van der Waals surface area contributed by atoms with Gasteiger partial charge in [-0.1, -0.05) is 42.8 Å². The molecule has 0 unspecified atom stereocenters. The summed E-state index contributed by atoms with van der Waals surface area (Å²) in [5, 5.41) is 7.17. The van der Waals surface area contributed by atoms with Crippen LogP contribution < -0.4 is 15.4 Å². The summed E-state index contributed by atoms with van der Waals surface area (Å²) in [6.07, 6.45) is 2.56. The summed E-state index contributed by atoms with van der Waals surface area (Å²) in [5.41, 5.74) is 2.16. The Labute approximate surface area is 178 Å². The number of nitrogens with one attached hydrogen (secondary N) is 2. The molecular formula is C22H28Cl2N2O2. The average molecular weight is 423 g/mol. The van der Waals surface area contributed by atoms with Crippen LogP contribution >= 0.6 is 24.0 Å². The molecule has 2 aromatic carbocycles. The van der Waals surface area contributed by atoms with Crippen LogP contribution in [0.5, 0.6) is 5.75 Å². The third-order valence-corrected chi connectivity index (χ3v) is 5.32. The van der Waals surface area contributed by atoms with Crippen LogP contribution in [0.2, 0.25) is 5.02 Å². The number of halogens is 2. The molecule has 1 aliphatic rings. The Morgan fingerprint density at radius 1 is 1.14 bits per heavy atom. The Kier molecular flexibility index (Phi) is 8.61. The Balaban J connectivity index is 0.00000280. The van der Waals surface area contributed by atoms with Crippen molar-refractivity contribution >= 4 is 29.9 Å². The van der Waals surface area contributed by atoms with Crippen molar-refractivity contribution in [2.45, 2.75) is 32.8 Å². The molecule has 0 aliphatic carbocycles. The smallest absolute Gasteiger partial charge is 0.224 e. The van der Waals surface area contributed by atoms with Gasteiger partial charge >= 0.3 is 0 Å². The van der Waals surface area contributed by atoms with E-state index in [0.29, 0.717) is 18.1 Å². The number of hydrogen-bond donors (Lipinski definition) is 2. The van der Waals surface area contributed by atoms with Crippen LogP contribution in [-0.2, 0) is 17.8 Å². The Bertz CT molecular complexity index is 777. The largest absolute Gasteiger partial charge is 0.489 e. The monoisotopic (exact) mass is 422 g/mol. The standard InChI is InChI=1S/C22H27ClN2O2.ClH/c1-22(8-10-24-11-9-22)16-25-21(26)14-17-4-3-7-20(13-17)27-15-18-5-2-6-19(23)12-18;/h2-7,12-13,24H,8-11,14-16H2,1H3,(H,25,26);1H. The normalized spacial score (nSPS) is 15.4. The lowest BCUT2D eigenvalue weighted by Gasteiger charge is -2.34. The Morgan fingerprint density at radius 3 is 2.61 bits per heavy atom. The van der Waals surface area contributed by atoms with Crippen LogP contribution in [-0.4, -0.2) is 25.5 Å². The summed E-state index contributed by atoms with van der Waals surface area (Å²) in [7, 11) is 0. The number of rotatable bonds is 7. The predicted molar refractivity (Wildman–Crippen MR) is 116 cm³/mol. The zero-order chi connectivity index (χ0) is 19.1. The lowest BCUT2D eigenvalue weighted by Crippen LogP contribution is -2.43. The van der Waals surface area contributed by atoms with Crippen molar-refractivity contribution in [3.63, 3.8) is 0 Å². The lowest BCUT2D eigenvalue weighted by molar-refractivity contribution is -0.121. The van der Waals surface area contributed by atoms with E-state index in [2.05, 4.69) is 17.6 Å². The van der Waals surface area contributed by atoms with E-state index in [-0.39, 0.29) is 23.7 Å². The molecule has 0 spiro atoms. The van der Waals surface area contributed by atoms with Gasteiger partial charge in [-0.05, 0) is 66.7 Å². The van der Waals surface area contributed by atoms with E-state index in [0.717, 1.165) is 49.4 Å². The fourth-order valence-corrected chi connectivity index (χ4v) is 3.52. The number of hydrogen-bond acceptors (Lipinski definition) is 3. The first kappa shape index (κ1) is 22.5. The van der Waals surface area contributed by atoms with Gasteiger partial charge in [-0.2, -0.15) is 0 Å². The molecule has 1 saturated heterocycles. The van der Waals surface area contributed by atoms with Gasteiger partial charge < -0.3 is 15.4 Å². The number of piperidine rings is 1. The molecule has 0 radical (unpaired) electrons. The van der Waals surface area contributed by atoms with Gasteiger partial charge in [0.15, 0.2) is 0 Å². The Morgan fingerprint density at radius 2 is 1.86 bits per heavy atom. The van der Waals surface area contributed by atoms with Crippen LogP contribution in [0.4, 0.5) is 0 Å². The van der Waals surface area contributed by atoms with Crippen molar-refractivity contribution in [1.82, 2.24) is 10.6 Å². The van der Waals surface area contributed by atoms with Crippen molar-refractivity contribution in [3.05, 3.63) is 64.7 Å². The van der Waals surface area contributed by atoms with Crippen molar-refractivity contribution in [2.75, 3.05) is 19.6 Å². The molecular weight excluding hydrogens is 395 g/mol. The number of benzene rings is 2. The highest BCUT2D eigenvalue weighted by molar-refractivity contribution is 6.30. The maximum Gasteiger partial charge on any atom is 0.224 e. The van der Waals surface area contributed by atoms with E-state index in [9.17, 15) is 4.79 Å². The molecule has 1 aliphatic heterocycles. The van der Waals surface area contributed by atoms with Crippen molar-refractivity contribution in [2.24, 2.45) is 5.41 Å². The quantitative estimate of drug-likeness (QED) is 0.695. The zero-order valence-corrected chi connectivity index (χ0v) is 17.7. The van der Waals surface area contributed by atoms with E-state index >= 15 is 0 Å². The highest BCUT2D eigenvalue weighted by Crippen LogP contribution is 2.26. The number of carbonyl (C=O) groups is 1. The number of ether oxygens (including phenoxy) is 1. The van der Waals surface area contributed by atoms with Crippen LogP contribution in [0.15, 0.2) is 48.5 Å². The molecule has 1 heterocycles. The van der Waals surface area contributed by atoms with Crippen molar-refractivity contribution in [1.29, 1.82) is 0 Å². The van der Waals surface area contributed by atoms with Crippen molar-refractivity contribution in [3.8, 4) is 5.75 Å². The lowest BCUT2D eigenvalue weighted by atomic mass is 9.81. The molecule has 28 heavy (non-hydrogen) atoms. The zero-order valence-electron chi connectivity index (χ0n) is 16.2. The summed E-state index contributed by atoms with van der Waals surface area (Å²) < 4.78 is 5.84. The second-order valence-electron chi connectivity index (χ2n) is 7.58. The van der Waals surface area contributed by atoms with E-state index in [4.69, 9.17) is 16.3 Å². The van der Waals surface area contributed by atoms with Crippen LogP contribution in [0.1, 0.15) is 30.9 Å². The third kappa shape index (κ3) is 7.01. The molecule has 4 nitrogen and oxygen atoms in total. The molecule has 152 valence electrons. The van der Waals surface area contributed by atoms with Gasteiger partial charge in [-0.3, -0.25) is 4.79 Å². The van der Waals surface area contributed by atoms with Crippen molar-refractivity contribution < 1.29 is 9.53 Å². The van der Waals surface area contributed by atoms with Gasteiger partial charge in [0.2, 0.25) is 5.91 Å². The fraction of sp³-hybridized carbons (Fsp3) is 0.409. The second-order valence-corrected chi connectivity index (χ2v) is 8.02. The first-order chi connectivity index (χ1) is 13.0. The predicted octanol–water partition coefficient (Wildman–Crippen LogP) is 4.39. The average Bonchev–Trinajstić information content (AvgIpc) is 2.66. The summed E-state index contributed by atoms with van der Waals surface area (Å²) >= 11 is 6.00. The SMILES string of the molecule is CC1(CNC(=O)Cc2cccc(OCc3cccc(Cl)c3)c2)CCNCC1.Cl. The molecule has 2 N–H and O–H groups in total. The second kappa shape index (κ2) is 10.7. The van der Waals surface area contributed by atoms with Gasteiger partial charge in [0, 0.05) is 11.6 Å². The topological polar surface area (TPSA) is 50.4 Å². The minimum atomic E-state index is 0. The van der Waals surface area contributed by atoms with E-state index < -0.39 is 0 Å². The molecule has 0 atom stereocenters. The summed E-state index contributed by atoms with van der Waals surface area (Å²) in [6.45, 7) is 5.48. The van der Waals surface area contributed by atoms with E-state index in [1.54, 1.807) is 0 Å². The third-order valence-electron chi connectivity index (χ3n) is 5.08. The maximum absolute atomic E-state index is 12.3. The molecule has 1 amide bonds. The summed E-state index contributed by atoms with van der Waals surface area (Å²) in [6, 6.07) is 15.3. The molecule has 1 fully saturated rings. The van der Waals surface area contributed by atoms with Crippen LogP contribution in [0.3, 0.4) is 0 Å². The Hall–Kier alpha value is -1.75. The minimum Gasteiger partial charge on any atom is -0.489 e. The van der Waals surface area contributed by atoms with E-state index in [1.165, 1.54) is 0 Å². The molecule has 0 bridgehead atoms. The highest BCUT2D eigenvalue weighted by Gasteiger charge is 2.26. The first-order valence-electron chi connectivity index (χ1n) is 9.46. The number of amides is 1. The molecule has 0 aromatic heterocycles. The van der Waals surface area contributed by atoms with E-state index in [1.807, 2.05) is 48.5 Å². The maximum atomic E-state index is 12.3. The molecule has 2 aromatic rings. The molecule has 3 rings (SSSR count).